The Bertz CT molecular complexity index is 657. The van der Waals surface area contributed by atoms with Crippen molar-refractivity contribution in [2.24, 2.45) is 0 Å². The number of nitrogens with one attached hydrogen (secondary N) is 1. The normalized spacial score (nSPS) is 20.0. The molecule has 21 heavy (non-hydrogen) atoms. The number of likely N-dealkylation sites (tertiary alicyclic amines) is 1. The number of amides is 3. The van der Waals surface area contributed by atoms with E-state index < -0.39 is 17.9 Å². The molecule has 8 heteroatoms. The zero-order valence-corrected chi connectivity index (χ0v) is 11.2. The van der Waals surface area contributed by atoms with Gasteiger partial charge in [0.1, 0.15) is 6.04 Å². The summed E-state index contributed by atoms with van der Waals surface area (Å²) in [6.45, 7) is 0.0697. The number of nitrogens with two attached hydrogens (primary N) is 1. The van der Waals surface area contributed by atoms with Gasteiger partial charge < -0.3 is 20.5 Å². The molecule has 1 saturated heterocycles. The SMILES string of the molecule is CN1C(=O)CC(NC(=O)c2cc3c(cc2N)OCO3)C1=O. The molecule has 110 valence electrons. The van der Waals surface area contributed by atoms with Crippen molar-refractivity contribution in [3.8, 4) is 11.5 Å². The van der Waals surface area contributed by atoms with Crippen LogP contribution >= 0.6 is 0 Å². The maximum atomic E-state index is 12.2. The lowest BCUT2D eigenvalue weighted by Crippen LogP contribution is -2.40. The van der Waals surface area contributed by atoms with E-state index in [1.165, 1.54) is 19.2 Å². The van der Waals surface area contributed by atoms with Gasteiger partial charge in [-0.25, -0.2) is 0 Å². The first kappa shape index (κ1) is 13.2. The smallest absolute Gasteiger partial charge is 0.254 e. The van der Waals surface area contributed by atoms with Crippen LogP contribution in [0.5, 0.6) is 11.5 Å². The van der Waals surface area contributed by atoms with Crippen molar-refractivity contribution in [3.63, 3.8) is 0 Å². The highest BCUT2D eigenvalue weighted by Crippen LogP contribution is 2.35. The molecule has 0 radical (unpaired) electrons. The molecule has 0 bridgehead atoms. The molecule has 3 N–H and O–H groups in total. The van der Waals surface area contributed by atoms with Crippen molar-refractivity contribution in [2.45, 2.75) is 12.5 Å². The molecule has 0 aliphatic carbocycles. The van der Waals surface area contributed by atoms with Gasteiger partial charge in [-0.3, -0.25) is 19.3 Å². The number of ether oxygens (including phenoxy) is 2. The van der Waals surface area contributed by atoms with Crippen molar-refractivity contribution < 1.29 is 23.9 Å². The van der Waals surface area contributed by atoms with Gasteiger partial charge in [0, 0.05) is 18.8 Å². The molecular weight excluding hydrogens is 278 g/mol. The van der Waals surface area contributed by atoms with E-state index in [2.05, 4.69) is 5.32 Å². The predicted molar refractivity (Wildman–Crippen MR) is 70.6 cm³/mol. The van der Waals surface area contributed by atoms with Crippen molar-refractivity contribution >= 4 is 23.4 Å². The molecule has 2 heterocycles. The second kappa shape index (κ2) is 4.65. The number of fused-ring (bicyclic) bond motifs is 1. The van der Waals surface area contributed by atoms with Crippen LogP contribution in [0.15, 0.2) is 12.1 Å². The standard InChI is InChI=1S/C13H13N3O5/c1-16-11(17)4-8(13(16)19)15-12(18)6-2-9-10(3-7(6)14)21-5-20-9/h2-3,8H,4-5,14H2,1H3,(H,15,18). The number of hydrogen-bond acceptors (Lipinski definition) is 6. The fraction of sp³-hybridized carbons (Fsp3) is 0.308. The number of hydrogen-bond donors (Lipinski definition) is 2. The molecule has 0 saturated carbocycles. The molecule has 2 aliphatic rings. The summed E-state index contributed by atoms with van der Waals surface area (Å²) in [5.41, 5.74) is 6.18. The second-order valence-electron chi connectivity index (χ2n) is 4.81. The Balaban J connectivity index is 1.80. The average molecular weight is 291 g/mol. The van der Waals surface area contributed by atoms with Gasteiger partial charge >= 0.3 is 0 Å². The first-order valence-corrected chi connectivity index (χ1v) is 6.27. The third kappa shape index (κ3) is 2.14. The second-order valence-corrected chi connectivity index (χ2v) is 4.81. The number of imide groups is 1. The van der Waals surface area contributed by atoms with Crippen molar-refractivity contribution in [3.05, 3.63) is 17.7 Å². The number of nitrogen functional groups attached to an aromatic ring is 1. The van der Waals surface area contributed by atoms with Gasteiger partial charge in [0.05, 0.1) is 12.0 Å². The van der Waals surface area contributed by atoms with Crippen molar-refractivity contribution in [1.29, 1.82) is 0 Å². The molecule has 1 atom stereocenters. The average Bonchev–Trinajstić information content (AvgIpc) is 2.98. The molecule has 1 unspecified atom stereocenters. The Morgan fingerprint density at radius 3 is 2.62 bits per heavy atom. The summed E-state index contributed by atoms with van der Waals surface area (Å²) < 4.78 is 10.3. The molecule has 3 amide bonds. The highest BCUT2D eigenvalue weighted by Gasteiger charge is 2.37. The van der Waals surface area contributed by atoms with Crippen LogP contribution in [-0.4, -0.2) is 42.5 Å². The highest BCUT2D eigenvalue weighted by molar-refractivity contribution is 6.09. The minimum Gasteiger partial charge on any atom is -0.454 e. The summed E-state index contributed by atoms with van der Waals surface area (Å²) >= 11 is 0. The number of anilines is 1. The third-order valence-corrected chi connectivity index (χ3v) is 3.48. The fourth-order valence-electron chi connectivity index (χ4n) is 2.26. The van der Waals surface area contributed by atoms with Crippen molar-refractivity contribution in [1.82, 2.24) is 10.2 Å². The summed E-state index contributed by atoms with van der Waals surface area (Å²) in [5, 5.41) is 2.51. The summed E-state index contributed by atoms with van der Waals surface area (Å²) in [6, 6.07) is 2.09. The van der Waals surface area contributed by atoms with Gasteiger partial charge in [0.25, 0.3) is 11.8 Å². The Morgan fingerprint density at radius 2 is 2.00 bits per heavy atom. The first-order valence-electron chi connectivity index (χ1n) is 6.27. The molecule has 3 rings (SSSR count). The summed E-state index contributed by atoms with van der Waals surface area (Å²) in [4.78, 5) is 36.4. The minimum absolute atomic E-state index is 0.0501. The van der Waals surface area contributed by atoms with E-state index in [1.807, 2.05) is 0 Å². The van der Waals surface area contributed by atoms with Gasteiger partial charge in [0.2, 0.25) is 12.7 Å². The van der Waals surface area contributed by atoms with E-state index in [0.717, 1.165) is 4.90 Å². The Kier molecular flexibility index (Phi) is 2.93. The molecule has 1 aromatic rings. The molecule has 8 nitrogen and oxygen atoms in total. The maximum Gasteiger partial charge on any atom is 0.254 e. The lowest BCUT2D eigenvalue weighted by atomic mass is 10.1. The quantitative estimate of drug-likeness (QED) is 0.560. The fourth-order valence-corrected chi connectivity index (χ4v) is 2.26. The molecule has 2 aliphatic heterocycles. The third-order valence-electron chi connectivity index (χ3n) is 3.48. The number of rotatable bonds is 2. The monoisotopic (exact) mass is 291 g/mol. The first-order chi connectivity index (χ1) is 9.97. The van der Waals surface area contributed by atoms with Crippen molar-refractivity contribution in [2.75, 3.05) is 19.6 Å². The maximum absolute atomic E-state index is 12.2. The Labute approximate surface area is 119 Å². The van der Waals surface area contributed by atoms with E-state index in [1.54, 1.807) is 0 Å². The van der Waals surface area contributed by atoms with Crippen LogP contribution in [0.3, 0.4) is 0 Å². The van der Waals surface area contributed by atoms with Crippen LogP contribution in [0.4, 0.5) is 5.69 Å². The molecule has 1 aromatic carbocycles. The van der Waals surface area contributed by atoms with E-state index >= 15 is 0 Å². The van der Waals surface area contributed by atoms with Crippen LogP contribution in [0.25, 0.3) is 0 Å². The van der Waals surface area contributed by atoms with Crippen LogP contribution < -0.4 is 20.5 Å². The van der Waals surface area contributed by atoms with Gasteiger partial charge in [-0.2, -0.15) is 0 Å². The zero-order valence-electron chi connectivity index (χ0n) is 11.2. The topological polar surface area (TPSA) is 111 Å². The van der Waals surface area contributed by atoms with E-state index in [4.69, 9.17) is 15.2 Å². The van der Waals surface area contributed by atoms with E-state index in [9.17, 15) is 14.4 Å². The largest absolute Gasteiger partial charge is 0.454 e. The van der Waals surface area contributed by atoms with E-state index in [-0.39, 0.29) is 30.4 Å². The molecule has 1 fully saturated rings. The summed E-state index contributed by atoms with van der Waals surface area (Å²) in [7, 11) is 1.38. The van der Waals surface area contributed by atoms with Gasteiger partial charge in [0.15, 0.2) is 11.5 Å². The Hall–Kier alpha value is -2.77. The highest BCUT2D eigenvalue weighted by atomic mass is 16.7. The van der Waals surface area contributed by atoms with Crippen LogP contribution in [0.1, 0.15) is 16.8 Å². The van der Waals surface area contributed by atoms with Crippen LogP contribution in [0, 0.1) is 0 Å². The number of nitrogens with zero attached hydrogens (tertiary/aromatic N) is 1. The summed E-state index contributed by atoms with van der Waals surface area (Å²) in [5.74, 6) is -0.417. The lowest BCUT2D eigenvalue weighted by Gasteiger charge is -2.12. The van der Waals surface area contributed by atoms with E-state index in [0.29, 0.717) is 11.5 Å². The number of likely N-dealkylation sites (N-methyl/N-ethyl adjacent to an activating group) is 1. The Morgan fingerprint density at radius 1 is 1.33 bits per heavy atom. The zero-order chi connectivity index (χ0) is 15.1. The minimum atomic E-state index is -0.861. The molecule has 0 spiro atoms. The number of benzene rings is 1. The molecular formula is C13H13N3O5. The number of carbonyl (C=O) groups is 3. The number of carbonyl (C=O) groups excluding carboxylic acids is 3. The summed E-state index contributed by atoms with van der Waals surface area (Å²) in [6.07, 6.45) is -0.0501. The predicted octanol–water partition coefficient (Wildman–Crippen LogP) is -0.515. The lowest BCUT2D eigenvalue weighted by molar-refractivity contribution is -0.137. The van der Waals surface area contributed by atoms with Crippen LogP contribution in [-0.2, 0) is 9.59 Å². The molecule has 0 aromatic heterocycles. The van der Waals surface area contributed by atoms with Gasteiger partial charge in [-0.05, 0) is 6.07 Å². The van der Waals surface area contributed by atoms with Gasteiger partial charge in [-0.1, -0.05) is 0 Å². The van der Waals surface area contributed by atoms with Crippen LogP contribution in [0.2, 0.25) is 0 Å². The van der Waals surface area contributed by atoms with Gasteiger partial charge in [-0.15, -0.1) is 0 Å².